The summed E-state index contributed by atoms with van der Waals surface area (Å²) in [5, 5.41) is 3.60. The van der Waals surface area contributed by atoms with Gasteiger partial charge in [-0.2, -0.15) is 5.10 Å². The molecule has 0 radical (unpaired) electrons. The number of allylic oxidation sites excluding steroid dienone is 2. The lowest BCUT2D eigenvalue weighted by Gasteiger charge is -1.92. The van der Waals surface area contributed by atoms with E-state index in [1.807, 2.05) is 6.08 Å². The number of nitrogens with zero attached hydrogens (tertiary/aromatic N) is 1. The van der Waals surface area contributed by atoms with E-state index in [4.69, 9.17) is 5.73 Å². The number of hydrogen-bond donors (Lipinski definition) is 2. The molecule has 0 unspecified atom stereocenters. The highest BCUT2D eigenvalue weighted by Gasteiger charge is 2.22. The molecule has 0 saturated heterocycles. The van der Waals surface area contributed by atoms with Crippen LogP contribution >= 0.6 is 0 Å². The second-order valence-corrected chi connectivity index (χ2v) is 2.94. The normalized spacial score (nSPS) is 18.2. The van der Waals surface area contributed by atoms with E-state index in [0.717, 1.165) is 5.92 Å². The number of urea groups is 1. The van der Waals surface area contributed by atoms with E-state index in [1.54, 1.807) is 6.21 Å². The van der Waals surface area contributed by atoms with Crippen molar-refractivity contribution in [1.29, 1.82) is 0 Å². The SMILES string of the molecule is C/C(=C\C=N\NC(N)=O)C1CC1. The van der Waals surface area contributed by atoms with Crippen LogP contribution in [0.15, 0.2) is 16.8 Å². The largest absolute Gasteiger partial charge is 0.350 e. The lowest BCUT2D eigenvalue weighted by Crippen LogP contribution is -2.24. The van der Waals surface area contributed by atoms with Crippen LogP contribution in [0.25, 0.3) is 0 Å². The van der Waals surface area contributed by atoms with E-state index in [0.29, 0.717) is 0 Å². The van der Waals surface area contributed by atoms with Crippen molar-refractivity contribution in [3.8, 4) is 0 Å². The van der Waals surface area contributed by atoms with Crippen molar-refractivity contribution in [2.45, 2.75) is 19.8 Å². The van der Waals surface area contributed by atoms with Crippen molar-refractivity contribution in [2.75, 3.05) is 0 Å². The second-order valence-electron chi connectivity index (χ2n) is 2.94. The van der Waals surface area contributed by atoms with Crippen LogP contribution in [-0.4, -0.2) is 12.2 Å². The number of hydrazone groups is 1. The summed E-state index contributed by atoms with van der Waals surface area (Å²) in [7, 11) is 0. The van der Waals surface area contributed by atoms with Gasteiger partial charge in [-0.15, -0.1) is 0 Å². The molecule has 12 heavy (non-hydrogen) atoms. The van der Waals surface area contributed by atoms with Gasteiger partial charge in [-0.3, -0.25) is 0 Å². The topological polar surface area (TPSA) is 67.5 Å². The summed E-state index contributed by atoms with van der Waals surface area (Å²) in [4.78, 5) is 10.2. The van der Waals surface area contributed by atoms with Gasteiger partial charge in [0.1, 0.15) is 0 Å². The van der Waals surface area contributed by atoms with Crippen molar-refractivity contribution in [1.82, 2.24) is 5.43 Å². The van der Waals surface area contributed by atoms with E-state index in [1.165, 1.54) is 18.4 Å². The molecular weight excluding hydrogens is 154 g/mol. The first kappa shape index (κ1) is 8.77. The molecule has 0 aromatic heterocycles. The number of hydrogen-bond acceptors (Lipinski definition) is 2. The number of carbonyl (C=O) groups is 1. The summed E-state index contributed by atoms with van der Waals surface area (Å²) >= 11 is 0. The van der Waals surface area contributed by atoms with E-state index in [-0.39, 0.29) is 0 Å². The van der Waals surface area contributed by atoms with Gasteiger partial charge in [0.05, 0.1) is 0 Å². The predicted molar refractivity (Wildman–Crippen MR) is 47.7 cm³/mol. The lowest BCUT2D eigenvalue weighted by molar-refractivity contribution is 0.249. The first-order valence-corrected chi connectivity index (χ1v) is 3.95. The zero-order chi connectivity index (χ0) is 8.97. The van der Waals surface area contributed by atoms with Gasteiger partial charge in [-0.25, -0.2) is 10.2 Å². The Balaban J connectivity index is 2.26. The molecule has 1 saturated carbocycles. The van der Waals surface area contributed by atoms with Crippen molar-refractivity contribution >= 4 is 12.2 Å². The zero-order valence-electron chi connectivity index (χ0n) is 7.08. The molecule has 3 N–H and O–H groups in total. The summed E-state index contributed by atoms with van der Waals surface area (Å²) in [6, 6.07) is -0.635. The van der Waals surface area contributed by atoms with Crippen molar-refractivity contribution < 1.29 is 4.79 Å². The first-order chi connectivity index (χ1) is 5.70. The molecule has 1 aliphatic carbocycles. The molecule has 0 atom stereocenters. The van der Waals surface area contributed by atoms with Crippen LogP contribution in [0.2, 0.25) is 0 Å². The van der Waals surface area contributed by atoms with Crippen LogP contribution in [-0.2, 0) is 0 Å². The molecule has 4 nitrogen and oxygen atoms in total. The number of rotatable bonds is 3. The average molecular weight is 167 g/mol. The van der Waals surface area contributed by atoms with Gasteiger partial charge in [-0.1, -0.05) is 5.57 Å². The molecule has 1 fully saturated rings. The molecule has 0 bridgehead atoms. The van der Waals surface area contributed by atoms with Crippen LogP contribution in [0.5, 0.6) is 0 Å². The molecule has 66 valence electrons. The molecule has 0 spiro atoms. The highest BCUT2D eigenvalue weighted by atomic mass is 16.2. The molecule has 2 amide bonds. The third-order valence-electron chi connectivity index (χ3n) is 1.81. The van der Waals surface area contributed by atoms with E-state index < -0.39 is 6.03 Å². The number of carbonyl (C=O) groups excluding carboxylic acids is 1. The van der Waals surface area contributed by atoms with E-state index in [2.05, 4.69) is 17.5 Å². The third-order valence-corrected chi connectivity index (χ3v) is 1.81. The minimum absolute atomic E-state index is 0.635. The maximum absolute atomic E-state index is 10.2. The Hall–Kier alpha value is -1.32. The van der Waals surface area contributed by atoms with Gasteiger partial charge in [-0.05, 0) is 31.8 Å². The minimum atomic E-state index is -0.635. The summed E-state index contributed by atoms with van der Waals surface area (Å²) in [6.07, 6.45) is 6.00. The standard InChI is InChI=1S/C8H13N3O/c1-6(7-2-3-7)4-5-10-11-8(9)12/h4-5,7H,2-3H2,1H3,(H3,9,11,12)/b6-4+,10-5+. The summed E-state index contributed by atoms with van der Waals surface area (Å²) in [6.45, 7) is 2.06. The van der Waals surface area contributed by atoms with Crippen LogP contribution in [0.1, 0.15) is 19.8 Å². The Morgan fingerprint density at radius 1 is 1.67 bits per heavy atom. The number of amides is 2. The number of nitrogens with one attached hydrogen (secondary N) is 1. The van der Waals surface area contributed by atoms with E-state index >= 15 is 0 Å². The van der Waals surface area contributed by atoms with Crippen molar-refractivity contribution in [3.63, 3.8) is 0 Å². The minimum Gasteiger partial charge on any atom is -0.350 e. The van der Waals surface area contributed by atoms with Gasteiger partial charge in [0, 0.05) is 6.21 Å². The van der Waals surface area contributed by atoms with Gasteiger partial charge < -0.3 is 5.73 Å². The fourth-order valence-corrected chi connectivity index (χ4v) is 0.930. The molecule has 0 heterocycles. The zero-order valence-corrected chi connectivity index (χ0v) is 7.08. The van der Waals surface area contributed by atoms with E-state index in [9.17, 15) is 4.79 Å². The van der Waals surface area contributed by atoms with Crippen molar-refractivity contribution in [2.24, 2.45) is 16.8 Å². The summed E-state index contributed by atoms with van der Waals surface area (Å²) in [5.41, 5.74) is 8.23. The molecule has 0 aliphatic heterocycles. The van der Waals surface area contributed by atoms with Gasteiger partial charge in [0.25, 0.3) is 0 Å². The van der Waals surface area contributed by atoms with Crippen LogP contribution < -0.4 is 11.2 Å². The maximum Gasteiger partial charge on any atom is 0.332 e. The van der Waals surface area contributed by atoms with Crippen molar-refractivity contribution in [3.05, 3.63) is 11.6 Å². The van der Waals surface area contributed by atoms with Gasteiger partial charge in [0.2, 0.25) is 0 Å². The quantitative estimate of drug-likeness (QED) is 0.478. The Bertz CT molecular complexity index is 228. The van der Waals surface area contributed by atoms with Gasteiger partial charge >= 0.3 is 6.03 Å². The second kappa shape index (κ2) is 3.90. The molecular formula is C8H13N3O. The Morgan fingerprint density at radius 3 is 2.83 bits per heavy atom. The predicted octanol–water partition coefficient (Wildman–Crippen LogP) is 0.997. The molecule has 1 aliphatic rings. The Labute approximate surface area is 71.5 Å². The Kier molecular flexibility index (Phi) is 2.85. The molecule has 4 heteroatoms. The summed E-state index contributed by atoms with van der Waals surface area (Å²) in [5.74, 6) is 0.741. The highest BCUT2D eigenvalue weighted by Crippen LogP contribution is 2.35. The molecule has 0 aromatic carbocycles. The lowest BCUT2D eigenvalue weighted by atomic mass is 10.2. The number of primary amides is 1. The van der Waals surface area contributed by atoms with Crippen LogP contribution in [0.4, 0.5) is 4.79 Å². The summed E-state index contributed by atoms with van der Waals surface area (Å²) < 4.78 is 0. The van der Waals surface area contributed by atoms with Gasteiger partial charge in [0.15, 0.2) is 0 Å². The molecule has 0 aromatic rings. The first-order valence-electron chi connectivity index (χ1n) is 3.95. The Morgan fingerprint density at radius 2 is 2.33 bits per heavy atom. The fraction of sp³-hybridized carbons (Fsp3) is 0.500. The number of nitrogens with two attached hydrogens (primary N) is 1. The van der Waals surface area contributed by atoms with Crippen LogP contribution in [0.3, 0.4) is 0 Å². The molecule has 1 rings (SSSR count). The van der Waals surface area contributed by atoms with Crippen LogP contribution in [0, 0.1) is 5.92 Å². The fourth-order valence-electron chi connectivity index (χ4n) is 0.930. The average Bonchev–Trinajstić information content (AvgIpc) is 2.79. The maximum atomic E-state index is 10.2. The third kappa shape index (κ3) is 3.18. The smallest absolute Gasteiger partial charge is 0.332 e. The highest BCUT2D eigenvalue weighted by molar-refractivity contribution is 5.76. The monoisotopic (exact) mass is 167 g/mol.